The number of rotatable bonds is 5. The maximum Gasteiger partial charge on any atom is 0.416 e. The third kappa shape index (κ3) is 6.18. The van der Waals surface area contributed by atoms with Gasteiger partial charge in [-0.3, -0.25) is 4.99 Å². The number of aliphatic imine (C=N–C) groups is 1. The van der Waals surface area contributed by atoms with Crippen LogP contribution in [-0.4, -0.2) is 39.7 Å². The predicted molar refractivity (Wildman–Crippen MR) is 120 cm³/mol. The van der Waals surface area contributed by atoms with Crippen LogP contribution in [0, 0.1) is 0 Å². The van der Waals surface area contributed by atoms with Crippen LogP contribution < -0.4 is 5.32 Å². The molecule has 0 aliphatic carbocycles. The van der Waals surface area contributed by atoms with Gasteiger partial charge in [-0.1, -0.05) is 12.1 Å². The smallest absolute Gasteiger partial charge is 0.352 e. The van der Waals surface area contributed by atoms with Gasteiger partial charge in [0, 0.05) is 45.8 Å². The Balaban J connectivity index is 0.00000320. The van der Waals surface area contributed by atoms with Gasteiger partial charge in [0.05, 0.1) is 5.56 Å². The molecule has 160 valence electrons. The molecule has 0 unspecified atom stereocenters. The Hall–Kier alpha value is -2.63. The first kappa shape index (κ1) is 23.6. The summed E-state index contributed by atoms with van der Waals surface area (Å²) in [6.45, 7) is 0.938. The van der Waals surface area contributed by atoms with Crippen molar-refractivity contribution in [2.75, 3.05) is 14.1 Å². The Labute approximate surface area is 189 Å². The Morgan fingerprint density at radius 3 is 2.47 bits per heavy atom. The highest BCUT2D eigenvalue weighted by Gasteiger charge is 2.29. The number of alkyl halides is 3. The van der Waals surface area contributed by atoms with Gasteiger partial charge >= 0.3 is 6.18 Å². The molecule has 1 N–H and O–H groups in total. The quantitative estimate of drug-likeness (QED) is 0.307. The molecule has 0 radical (unpaired) electrons. The monoisotopic (exact) mass is 530 g/mol. The fraction of sp³-hybridized carbons (Fsp3) is 0.250. The van der Waals surface area contributed by atoms with E-state index in [0.29, 0.717) is 24.9 Å². The van der Waals surface area contributed by atoms with E-state index in [4.69, 9.17) is 0 Å². The molecule has 3 rings (SSSR count). The SMILES string of the molecule is CN=C(NCc1ccnc(-n2cccn2)c1)N(C)Cc1ccc(C(F)(F)F)cc1.I. The molecule has 0 saturated heterocycles. The molecule has 0 spiro atoms. The predicted octanol–water partition coefficient (Wildman–Crippen LogP) is 4.11. The summed E-state index contributed by atoms with van der Waals surface area (Å²) in [5.74, 6) is 1.34. The average molecular weight is 530 g/mol. The second kappa shape index (κ2) is 10.4. The molecule has 3 aromatic rings. The number of benzene rings is 1. The number of halogens is 4. The van der Waals surface area contributed by atoms with E-state index >= 15 is 0 Å². The van der Waals surface area contributed by atoms with Crippen molar-refractivity contribution in [3.8, 4) is 5.82 Å². The summed E-state index contributed by atoms with van der Waals surface area (Å²) in [5, 5.41) is 7.42. The van der Waals surface area contributed by atoms with Gasteiger partial charge < -0.3 is 10.2 Å². The number of pyridine rings is 1. The summed E-state index contributed by atoms with van der Waals surface area (Å²) < 4.78 is 39.8. The van der Waals surface area contributed by atoms with E-state index in [9.17, 15) is 13.2 Å². The number of aromatic nitrogens is 3. The van der Waals surface area contributed by atoms with Gasteiger partial charge in [0.15, 0.2) is 11.8 Å². The molecule has 30 heavy (non-hydrogen) atoms. The largest absolute Gasteiger partial charge is 0.416 e. The minimum atomic E-state index is -4.33. The van der Waals surface area contributed by atoms with E-state index in [-0.39, 0.29) is 24.0 Å². The summed E-state index contributed by atoms with van der Waals surface area (Å²) in [6, 6.07) is 10.8. The number of hydrogen-bond acceptors (Lipinski definition) is 3. The second-order valence-corrected chi connectivity index (χ2v) is 6.42. The molecule has 0 aliphatic heterocycles. The number of hydrogen-bond donors (Lipinski definition) is 1. The number of guanidine groups is 1. The third-order valence-corrected chi connectivity index (χ3v) is 4.27. The van der Waals surface area contributed by atoms with Crippen LogP contribution in [0.1, 0.15) is 16.7 Å². The van der Waals surface area contributed by atoms with Gasteiger partial charge in [-0.15, -0.1) is 24.0 Å². The van der Waals surface area contributed by atoms with Crippen molar-refractivity contribution in [1.29, 1.82) is 0 Å². The topological polar surface area (TPSA) is 58.3 Å². The number of nitrogens with one attached hydrogen (secondary N) is 1. The lowest BCUT2D eigenvalue weighted by atomic mass is 10.1. The van der Waals surface area contributed by atoms with Gasteiger partial charge in [0.2, 0.25) is 0 Å². The minimum Gasteiger partial charge on any atom is -0.352 e. The zero-order valence-corrected chi connectivity index (χ0v) is 18.8. The Morgan fingerprint density at radius 2 is 1.87 bits per heavy atom. The molecule has 2 aromatic heterocycles. The minimum absolute atomic E-state index is 0. The van der Waals surface area contributed by atoms with Crippen LogP contribution in [0.4, 0.5) is 13.2 Å². The fourth-order valence-corrected chi connectivity index (χ4v) is 2.81. The Bertz CT molecular complexity index is 955. The van der Waals surface area contributed by atoms with Crippen molar-refractivity contribution in [2.24, 2.45) is 4.99 Å². The first-order chi connectivity index (χ1) is 13.9. The van der Waals surface area contributed by atoms with Crippen molar-refractivity contribution in [2.45, 2.75) is 19.3 Å². The average Bonchev–Trinajstić information content (AvgIpc) is 3.23. The molecule has 1 aromatic carbocycles. The van der Waals surface area contributed by atoms with E-state index in [2.05, 4.69) is 20.4 Å². The molecule has 10 heteroatoms. The molecule has 0 bridgehead atoms. The molecule has 2 heterocycles. The van der Waals surface area contributed by atoms with Crippen molar-refractivity contribution >= 4 is 29.9 Å². The van der Waals surface area contributed by atoms with Crippen LogP contribution in [0.3, 0.4) is 0 Å². The van der Waals surface area contributed by atoms with Gasteiger partial charge in [-0.2, -0.15) is 18.3 Å². The van der Waals surface area contributed by atoms with Crippen molar-refractivity contribution in [3.05, 3.63) is 77.7 Å². The summed E-state index contributed by atoms with van der Waals surface area (Å²) >= 11 is 0. The second-order valence-electron chi connectivity index (χ2n) is 6.42. The molecule has 0 amide bonds. The van der Waals surface area contributed by atoms with Crippen molar-refractivity contribution in [1.82, 2.24) is 25.0 Å². The third-order valence-electron chi connectivity index (χ3n) is 4.27. The maximum absolute atomic E-state index is 12.7. The number of nitrogens with zero attached hydrogens (tertiary/aromatic N) is 5. The van der Waals surface area contributed by atoms with Gasteiger partial charge in [-0.25, -0.2) is 9.67 Å². The van der Waals surface area contributed by atoms with Crippen LogP contribution >= 0.6 is 24.0 Å². The first-order valence-electron chi connectivity index (χ1n) is 8.89. The van der Waals surface area contributed by atoms with Crippen LogP contribution in [-0.2, 0) is 19.3 Å². The highest BCUT2D eigenvalue weighted by Crippen LogP contribution is 2.29. The zero-order chi connectivity index (χ0) is 20.9. The summed E-state index contributed by atoms with van der Waals surface area (Å²) in [4.78, 5) is 10.4. The van der Waals surface area contributed by atoms with E-state index in [1.807, 2.05) is 36.3 Å². The Kier molecular flexibility index (Phi) is 8.21. The van der Waals surface area contributed by atoms with E-state index in [0.717, 1.165) is 23.3 Å². The molecular weight excluding hydrogens is 508 g/mol. The lowest BCUT2D eigenvalue weighted by Gasteiger charge is -2.22. The van der Waals surface area contributed by atoms with Gasteiger partial charge in [-0.05, 0) is 41.5 Å². The van der Waals surface area contributed by atoms with E-state index in [1.165, 1.54) is 12.1 Å². The zero-order valence-electron chi connectivity index (χ0n) is 16.5. The molecular formula is C20H22F3IN6. The first-order valence-corrected chi connectivity index (χ1v) is 8.89. The molecule has 6 nitrogen and oxygen atoms in total. The molecule has 0 aliphatic rings. The van der Waals surface area contributed by atoms with Crippen LogP contribution in [0.25, 0.3) is 5.82 Å². The van der Waals surface area contributed by atoms with Gasteiger partial charge in [0.1, 0.15) is 0 Å². The summed E-state index contributed by atoms with van der Waals surface area (Å²) in [5.41, 5.74) is 1.10. The molecule has 0 fully saturated rings. The van der Waals surface area contributed by atoms with Crippen LogP contribution in [0.5, 0.6) is 0 Å². The standard InChI is InChI=1S/C20H21F3N6.HI/c1-24-19(28(2)14-15-4-6-17(7-5-15)20(21,22)23)26-13-16-8-10-25-18(12-16)29-11-3-9-27-29;/h3-12H,13-14H2,1-2H3,(H,24,26);1H. The molecule has 0 saturated carbocycles. The van der Waals surface area contributed by atoms with Gasteiger partial charge in [0.25, 0.3) is 0 Å². The maximum atomic E-state index is 12.7. The highest BCUT2D eigenvalue weighted by atomic mass is 127. The normalized spacial score (nSPS) is 11.7. The summed E-state index contributed by atoms with van der Waals surface area (Å²) in [6.07, 6.45) is 0.880. The van der Waals surface area contributed by atoms with Crippen molar-refractivity contribution in [3.63, 3.8) is 0 Å². The van der Waals surface area contributed by atoms with E-state index < -0.39 is 11.7 Å². The highest BCUT2D eigenvalue weighted by molar-refractivity contribution is 14.0. The lowest BCUT2D eigenvalue weighted by molar-refractivity contribution is -0.137. The fourth-order valence-electron chi connectivity index (χ4n) is 2.81. The van der Waals surface area contributed by atoms with Crippen LogP contribution in [0.2, 0.25) is 0 Å². The lowest BCUT2D eigenvalue weighted by Crippen LogP contribution is -2.38. The molecule has 0 atom stereocenters. The van der Waals surface area contributed by atoms with E-state index in [1.54, 1.807) is 24.1 Å². The van der Waals surface area contributed by atoms with Crippen LogP contribution in [0.15, 0.2) is 66.0 Å². The Morgan fingerprint density at radius 1 is 1.13 bits per heavy atom. The summed E-state index contributed by atoms with van der Waals surface area (Å²) in [7, 11) is 3.49. The van der Waals surface area contributed by atoms with Crippen molar-refractivity contribution < 1.29 is 13.2 Å².